The van der Waals surface area contributed by atoms with Crippen molar-refractivity contribution in [2.45, 2.75) is 45.6 Å². The molecule has 0 radical (unpaired) electrons. The molecule has 0 unspecified atom stereocenters. The van der Waals surface area contributed by atoms with E-state index in [1.807, 2.05) is 4.68 Å². The van der Waals surface area contributed by atoms with E-state index in [1.165, 1.54) is 32.1 Å². The topological polar surface area (TPSA) is 30.7 Å². The summed E-state index contributed by atoms with van der Waals surface area (Å²) in [6.07, 6.45) is 9.93. The molecule has 0 spiro atoms. The van der Waals surface area contributed by atoms with Gasteiger partial charge in [0.15, 0.2) is 0 Å². The Morgan fingerprint density at radius 2 is 2.00 bits per heavy atom. The fourth-order valence-electron chi connectivity index (χ4n) is 1.23. The minimum absolute atomic E-state index is 1.02. The average molecular weight is 167 g/mol. The molecule has 0 aliphatic carbocycles. The molecule has 0 aromatic carbocycles. The number of hydrogen-bond donors (Lipinski definition) is 0. The van der Waals surface area contributed by atoms with Gasteiger partial charge in [-0.05, 0) is 6.42 Å². The zero-order chi connectivity index (χ0) is 8.65. The van der Waals surface area contributed by atoms with Crippen LogP contribution < -0.4 is 0 Å². The lowest BCUT2D eigenvalue weighted by Gasteiger charge is -1.99. The molecule has 0 saturated heterocycles. The van der Waals surface area contributed by atoms with Crippen LogP contribution in [0.15, 0.2) is 12.7 Å². The van der Waals surface area contributed by atoms with Crippen LogP contribution in [0.1, 0.15) is 39.0 Å². The highest BCUT2D eigenvalue weighted by atomic mass is 15.3. The van der Waals surface area contributed by atoms with Gasteiger partial charge in [-0.15, -0.1) is 0 Å². The SMILES string of the molecule is CCCCCCCn1cncn1. The van der Waals surface area contributed by atoms with Crippen LogP contribution in [-0.4, -0.2) is 14.8 Å². The molecule has 0 saturated carbocycles. The Kier molecular flexibility index (Phi) is 4.42. The van der Waals surface area contributed by atoms with Crippen molar-refractivity contribution in [1.29, 1.82) is 0 Å². The summed E-state index contributed by atoms with van der Waals surface area (Å²) in [5, 5.41) is 4.04. The zero-order valence-corrected chi connectivity index (χ0v) is 7.74. The number of nitrogens with zero attached hydrogens (tertiary/aromatic N) is 3. The van der Waals surface area contributed by atoms with E-state index in [0.717, 1.165) is 6.54 Å². The van der Waals surface area contributed by atoms with Gasteiger partial charge in [-0.3, -0.25) is 4.68 Å². The lowest BCUT2D eigenvalue weighted by atomic mass is 10.1. The van der Waals surface area contributed by atoms with E-state index in [0.29, 0.717) is 0 Å². The number of rotatable bonds is 6. The van der Waals surface area contributed by atoms with E-state index in [1.54, 1.807) is 12.7 Å². The molecular weight excluding hydrogens is 150 g/mol. The predicted molar refractivity (Wildman–Crippen MR) is 48.8 cm³/mol. The van der Waals surface area contributed by atoms with Crippen molar-refractivity contribution in [1.82, 2.24) is 14.8 Å². The van der Waals surface area contributed by atoms with Crippen LogP contribution in [-0.2, 0) is 6.54 Å². The first kappa shape index (κ1) is 9.23. The van der Waals surface area contributed by atoms with Crippen LogP contribution in [0.3, 0.4) is 0 Å². The first-order valence-corrected chi connectivity index (χ1v) is 4.76. The van der Waals surface area contributed by atoms with Gasteiger partial charge >= 0.3 is 0 Å². The molecule has 0 amide bonds. The minimum Gasteiger partial charge on any atom is -0.253 e. The molecule has 1 heterocycles. The Morgan fingerprint density at radius 3 is 2.67 bits per heavy atom. The Labute approximate surface area is 73.8 Å². The molecule has 68 valence electrons. The first-order valence-electron chi connectivity index (χ1n) is 4.76. The predicted octanol–water partition coefficient (Wildman–Crippen LogP) is 2.25. The maximum Gasteiger partial charge on any atom is 0.137 e. The highest BCUT2D eigenvalue weighted by Gasteiger charge is 1.91. The van der Waals surface area contributed by atoms with Crippen LogP contribution in [0.5, 0.6) is 0 Å². The van der Waals surface area contributed by atoms with Crippen LogP contribution in [0, 0.1) is 0 Å². The molecule has 0 fully saturated rings. The lowest BCUT2D eigenvalue weighted by Crippen LogP contribution is -1.97. The lowest BCUT2D eigenvalue weighted by molar-refractivity contribution is 0.532. The normalized spacial score (nSPS) is 10.4. The van der Waals surface area contributed by atoms with E-state index < -0.39 is 0 Å². The number of aryl methyl sites for hydroxylation is 1. The summed E-state index contributed by atoms with van der Waals surface area (Å²) in [6.45, 7) is 3.25. The van der Waals surface area contributed by atoms with Crippen molar-refractivity contribution in [2.24, 2.45) is 0 Å². The van der Waals surface area contributed by atoms with E-state index in [4.69, 9.17) is 0 Å². The smallest absolute Gasteiger partial charge is 0.137 e. The second kappa shape index (κ2) is 5.75. The minimum atomic E-state index is 1.02. The summed E-state index contributed by atoms with van der Waals surface area (Å²) in [5.41, 5.74) is 0. The first-order chi connectivity index (χ1) is 5.93. The van der Waals surface area contributed by atoms with Gasteiger partial charge in [0, 0.05) is 6.54 Å². The van der Waals surface area contributed by atoms with Gasteiger partial charge in [-0.1, -0.05) is 32.6 Å². The molecular formula is C9H17N3. The third kappa shape index (κ3) is 3.51. The Balaban J connectivity index is 1.96. The summed E-state index contributed by atoms with van der Waals surface area (Å²) in [6, 6.07) is 0. The average Bonchev–Trinajstić information content (AvgIpc) is 2.57. The molecule has 0 N–H and O–H groups in total. The molecule has 1 rings (SSSR count). The fourth-order valence-corrected chi connectivity index (χ4v) is 1.23. The highest BCUT2D eigenvalue weighted by molar-refractivity contribution is 4.55. The molecule has 3 heteroatoms. The van der Waals surface area contributed by atoms with Crippen molar-refractivity contribution in [2.75, 3.05) is 0 Å². The van der Waals surface area contributed by atoms with Crippen LogP contribution in [0.4, 0.5) is 0 Å². The molecule has 1 aromatic rings. The van der Waals surface area contributed by atoms with E-state index >= 15 is 0 Å². The molecule has 1 aromatic heterocycles. The second-order valence-corrected chi connectivity index (χ2v) is 3.07. The van der Waals surface area contributed by atoms with Gasteiger partial charge in [-0.25, -0.2) is 4.98 Å². The Morgan fingerprint density at radius 1 is 1.17 bits per heavy atom. The van der Waals surface area contributed by atoms with E-state index in [9.17, 15) is 0 Å². The summed E-state index contributed by atoms with van der Waals surface area (Å²) in [4.78, 5) is 3.89. The summed E-state index contributed by atoms with van der Waals surface area (Å²) in [5.74, 6) is 0. The third-order valence-corrected chi connectivity index (χ3v) is 1.96. The van der Waals surface area contributed by atoms with Crippen LogP contribution >= 0.6 is 0 Å². The number of unbranched alkanes of at least 4 members (excludes halogenated alkanes) is 4. The van der Waals surface area contributed by atoms with Crippen LogP contribution in [0.2, 0.25) is 0 Å². The van der Waals surface area contributed by atoms with Gasteiger partial charge < -0.3 is 0 Å². The van der Waals surface area contributed by atoms with Gasteiger partial charge in [-0.2, -0.15) is 5.10 Å². The zero-order valence-electron chi connectivity index (χ0n) is 7.74. The number of aromatic nitrogens is 3. The van der Waals surface area contributed by atoms with Gasteiger partial charge in [0.05, 0.1) is 0 Å². The van der Waals surface area contributed by atoms with E-state index in [-0.39, 0.29) is 0 Å². The summed E-state index contributed by atoms with van der Waals surface area (Å²) >= 11 is 0. The molecule has 0 atom stereocenters. The number of hydrogen-bond acceptors (Lipinski definition) is 2. The highest BCUT2D eigenvalue weighted by Crippen LogP contribution is 2.02. The molecule has 0 aliphatic rings. The summed E-state index contributed by atoms with van der Waals surface area (Å²) in [7, 11) is 0. The van der Waals surface area contributed by atoms with Gasteiger partial charge in [0.1, 0.15) is 12.7 Å². The molecule has 12 heavy (non-hydrogen) atoms. The molecule has 0 bridgehead atoms. The quantitative estimate of drug-likeness (QED) is 0.608. The third-order valence-electron chi connectivity index (χ3n) is 1.96. The maximum absolute atomic E-state index is 4.04. The largest absolute Gasteiger partial charge is 0.253 e. The monoisotopic (exact) mass is 167 g/mol. The standard InChI is InChI=1S/C9H17N3/c1-2-3-4-5-6-7-12-9-10-8-11-12/h8-9H,2-7H2,1H3. The van der Waals surface area contributed by atoms with Crippen LogP contribution in [0.25, 0.3) is 0 Å². The van der Waals surface area contributed by atoms with E-state index in [2.05, 4.69) is 17.0 Å². The summed E-state index contributed by atoms with van der Waals surface area (Å²) < 4.78 is 1.89. The van der Waals surface area contributed by atoms with Crippen molar-refractivity contribution in [3.05, 3.63) is 12.7 Å². The van der Waals surface area contributed by atoms with Gasteiger partial charge in [0.25, 0.3) is 0 Å². The molecule has 3 nitrogen and oxygen atoms in total. The Bertz CT molecular complexity index is 182. The van der Waals surface area contributed by atoms with Crippen molar-refractivity contribution in [3.63, 3.8) is 0 Å². The second-order valence-electron chi connectivity index (χ2n) is 3.07. The van der Waals surface area contributed by atoms with Gasteiger partial charge in [0.2, 0.25) is 0 Å². The maximum atomic E-state index is 4.04. The molecule has 0 aliphatic heterocycles. The van der Waals surface area contributed by atoms with Crippen molar-refractivity contribution >= 4 is 0 Å². The van der Waals surface area contributed by atoms with Crippen molar-refractivity contribution < 1.29 is 0 Å². The fraction of sp³-hybridized carbons (Fsp3) is 0.778. The Hall–Kier alpha value is -0.860. The van der Waals surface area contributed by atoms with Crippen molar-refractivity contribution in [3.8, 4) is 0 Å².